The van der Waals surface area contributed by atoms with Gasteiger partial charge in [-0.05, 0) is 42.0 Å². The minimum absolute atomic E-state index is 0.252. The largest absolute Gasteiger partial charge is 0.493 e. The molecule has 5 aromatic rings. The lowest BCUT2D eigenvalue weighted by molar-refractivity contribution is 0.0956. The molecule has 0 bridgehead atoms. The zero-order valence-electron chi connectivity index (χ0n) is 21.5. The van der Waals surface area contributed by atoms with E-state index in [1.807, 2.05) is 72.8 Å². The molecule has 0 fully saturated rings. The van der Waals surface area contributed by atoms with E-state index in [4.69, 9.17) is 19.7 Å². The first-order chi connectivity index (χ1) is 19.6. The number of halogens is 1. The first kappa shape index (κ1) is 26.6. The molecule has 0 aliphatic heterocycles. The molecule has 1 N–H and O–H groups in total. The van der Waals surface area contributed by atoms with Gasteiger partial charge in [0, 0.05) is 21.0 Å². The fourth-order valence-electron chi connectivity index (χ4n) is 4.16. The average molecular weight is 591 g/mol. The Morgan fingerprint density at radius 3 is 2.52 bits per heavy atom. The van der Waals surface area contributed by atoms with Gasteiger partial charge < -0.3 is 9.47 Å². The quantitative estimate of drug-likeness (QED) is 0.157. The van der Waals surface area contributed by atoms with Crippen molar-refractivity contribution in [2.45, 2.75) is 6.61 Å². The van der Waals surface area contributed by atoms with Crippen molar-refractivity contribution in [2.75, 3.05) is 7.11 Å². The number of nitriles is 1. The molecule has 0 aliphatic rings. The second kappa shape index (κ2) is 12.2. The van der Waals surface area contributed by atoms with Crippen molar-refractivity contribution >= 4 is 39.0 Å². The highest BCUT2D eigenvalue weighted by Gasteiger charge is 2.15. The number of nitrogens with one attached hydrogen (secondary N) is 1. The number of pyridine rings is 1. The Balaban J connectivity index is 1.41. The zero-order valence-corrected chi connectivity index (χ0v) is 23.1. The van der Waals surface area contributed by atoms with Crippen LogP contribution in [0, 0.1) is 11.3 Å². The lowest BCUT2D eigenvalue weighted by Crippen LogP contribution is -2.18. The first-order valence-corrected chi connectivity index (χ1v) is 13.1. The molecule has 40 heavy (non-hydrogen) atoms. The summed E-state index contributed by atoms with van der Waals surface area (Å²) in [6, 6.07) is 31.9. The fourth-order valence-corrected chi connectivity index (χ4v) is 4.62. The number of hydrogen-bond donors (Lipinski definition) is 1. The molecule has 0 radical (unpaired) electrons. The van der Waals surface area contributed by atoms with Gasteiger partial charge in [0.25, 0.3) is 5.91 Å². The molecule has 1 heterocycles. The summed E-state index contributed by atoms with van der Waals surface area (Å²) in [5.74, 6) is 0.603. The van der Waals surface area contributed by atoms with Crippen molar-refractivity contribution in [2.24, 2.45) is 5.10 Å². The summed E-state index contributed by atoms with van der Waals surface area (Å²) in [6.07, 6.45) is 1.51. The van der Waals surface area contributed by atoms with Crippen LogP contribution in [-0.4, -0.2) is 24.2 Å². The molecule has 0 aliphatic carbocycles. The number of methoxy groups -OCH3 is 1. The molecule has 0 saturated heterocycles. The molecular weight excluding hydrogens is 568 g/mol. The summed E-state index contributed by atoms with van der Waals surface area (Å²) in [6.45, 7) is 0.252. The van der Waals surface area contributed by atoms with Gasteiger partial charge in [-0.25, -0.2) is 10.4 Å². The molecule has 0 atom stereocenters. The van der Waals surface area contributed by atoms with Crippen LogP contribution in [0.15, 0.2) is 107 Å². The number of aromatic nitrogens is 1. The Hall–Kier alpha value is -5.00. The second-order valence-corrected chi connectivity index (χ2v) is 9.68. The maximum atomic E-state index is 13.3. The molecule has 0 unspecified atom stereocenters. The molecule has 5 rings (SSSR count). The van der Waals surface area contributed by atoms with Crippen molar-refractivity contribution in [3.63, 3.8) is 0 Å². The monoisotopic (exact) mass is 590 g/mol. The first-order valence-electron chi connectivity index (χ1n) is 12.3. The summed E-state index contributed by atoms with van der Waals surface area (Å²) >= 11 is 3.49. The van der Waals surface area contributed by atoms with Crippen molar-refractivity contribution in [3.05, 3.63) is 124 Å². The van der Waals surface area contributed by atoms with Crippen LogP contribution < -0.4 is 14.9 Å². The predicted octanol–water partition coefficient (Wildman–Crippen LogP) is 6.89. The van der Waals surface area contributed by atoms with Crippen LogP contribution in [-0.2, 0) is 6.61 Å². The van der Waals surface area contributed by atoms with E-state index in [0.29, 0.717) is 39.4 Å². The van der Waals surface area contributed by atoms with Crippen molar-refractivity contribution < 1.29 is 14.3 Å². The minimum Gasteiger partial charge on any atom is -0.493 e. The number of fused-ring (bicyclic) bond motifs is 1. The second-order valence-electron chi connectivity index (χ2n) is 8.76. The van der Waals surface area contributed by atoms with E-state index in [1.165, 1.54) is 6.21 Å². The Kier molecular flexibility index (Phi) is 8.14. The van der Waals surface area contributed by atoms with Gasteiger partial charge in [-0.3, -0.25) is 4.79 Å². The van der Waals surface area contributed by atoms with E-state index in [0.717, 1.165) is 21.0 Å². The minimum atomic E-state index is -0.367. The average Bonchev–Trinajstić information content (AvgIpc) is 3.00. The van der Waals surface area contributed by atoms with Gasteiger partial charge >= 0.3 is 0 Å². The van der Waals surface area contributed by atoms with E-state index >= 15 is 0 Å². The lowest BCUT2D eigenvalue weighted by atomic mass is 10.0. The standard InChI is InChI=1S/C32H23BrN4O3/c1-39-30-16-25(33)15-24(31(30)40-20-22-13-11-21(18-34)12-14-22)19-35-37-32(38)27-17-29(23-7-3-2-4-8-23)36-28-10-6-5-9-26(27)28/h2-17,19H,20H2,1H3,(H,37,38)/b35-19-. The SMILES string of the molecule is COc1cc(Br)cc(/C=N\NC(=O)c2cc(-c3ccccc3)nc3ccccc23)c1OCc1ccc(C#N)cc1. The Morgan fingerprint density at radius 2 is 1.77 bits per heavy atom. The molecule has 8 heteroatoms. The van der Waals surface area contributed by atoms with Crippen LogP contribution in [0.4, 0.5) is 0 Å². The number of nitrogens with zero attached hydrogens (tertiary/aromatic N) is 3. The molecule has 0 spiro atoms. The van der Waals surface area contributed by atoms with Gasteiger partial charge in [0.2, 0.25) is 0 Å². The van der Waals surface area contributed by atoms with Crippen LogP contribution in [0.5, 0.6) is 11.5 Å². The zero-order chi connectivity index (χ0) is 27.9. The number of amides is 1. The van der Waals surface area contributed by atoms with Crippen LogP contribution in [0.3, 0.4) is 0 Å². The summed E-state index contributed by atoms with van der Waals surface area (Å²) < 4.78 is 12.4. The maximum Gasteiger partial charge on any atom is 0.272 e. The third kappa shape index (κ3) is 6.01. The summed E-state index contributed by atoms with van der Waals surface area (Å²) in [7, 11) is 1.55. The summed E-state index contributed by atoms with van der Waals surface area (Å²) in [5, 5.41) is 14.0. The molecule has 1 aromatic heterocycles. The van der Waals surface area contributed by atoms with E-state index in [2.05, 4.69) is 32.5 Å². The van der Waals surface area contributed by atoms with Crippen LogP contribution in [0.1, 0.15) is 27.0 Å². The van der Waals surface area contributed by atoms with Gasteiger partial charge in [-0.15, -0.1) is 0 Å². The number of carbonyl (C=O) groups is 1. The van der Waals surface area contributed by atoms with Crippen LogP contribution in [0.25, 0.3) is 22.2 Å². The Morgan fingerprint density at radius 1 is 1.02 bits per heavy atom. The van der Waals surface area contributed by atoms with E-state index in [-0.39, 0.29) is 12.5 Å². The van der Waals surface area contributed by atoms with Crippen molar-refractivity contribution in [1.29, 1.82) is 5.26 Å². The number of ether oxygens (including phenoxy) is 2. The fraction of sp³-hybridized carbons (Fsp3) is 0.0625. The maximum absolute atomic E-state index is 13.3. The number of rotatable bonds is 8. The molecule has 7 nitrogen and oxygen atoms in total. The Labute approximate surface area is 239 Å². The highest BCUT2D eigenvalue weighted by molar-refractivity contribution is 9.10. The smallest absolute Gasteiger partial charge is 0.272 e. The van der Waals surface area contributed by atoms with Crippen LogP contribution in [0.2, 0.25) is 0 Å². The normalized spacial score (nSPS) is 10.8. The molecule has 0 saturated carbocycles. The number of hydrogen-bond acceptors (Lipinski definition) is 6. The van der Waals surface area contributed by atoms with Crippen LogP contribution >= 0.6 is 15.9 Å². The summed E-state index contributed by atoms with van der Waals surface area (Å²) in [5.41, 5.74) is 7.50. The number of benzene rings is 4. The lowest BCUT2D eigenvalue weighted by Gasteiger charge is -2.14. The Bertz CT molecular complexity index is 1750. The van der Waals surface area contributed by atoms with E-state index < -0.39 is 0 Å². The highest BCUT2D eigenvalue weighted by Crippen LogP contribution is 2.34. The van der Waals surface area contributed by atoms with Gasteiger partial charge in [0.05, 0.1) is 41.7 Å². The van der Waals surface area contributed by atoms with Crippen molar-refractivity contribution in [1.82, 2.24) is 10.4 Å². The molecule has 1 amide bonds. The topological polar surface area (TPSA) is 96.6 Å². The van der Waals surface area contributed by atoms with Gasteiger partial charge in [-0.1, -0.05) is 76.6 Å². The molecular formula is C32H23BrN4O3. The number of para-hydroxylation sites is 1. The summed E-state index contributed by atoms with van der Waals surface area (Å²) in [4.78, 5) is 18.1. The van der Waals surface area contributed by atoms with E-state index in [1.54, 1.807) is 31.4 Å². The number of hydrazone groups is 1. The molecule has 196 valence electrons. The third-order valence-electron chi connectivity index (χ3n) is 6.13. The predicted molar refractivity (Wildman–Crippen MR) is 158 cm³/mol. The third-order valence-corrected chi connectivity index (χ3v) is 6.59. The van der Waals surface area contributed by atoms with E-state index in [9.17, 15) is 4.79 Å². The highest BCUT2D eigenvalue weighted by atomic mass is 79.9. The molecule has 4 aromatic carbocycles. The van der Waals surface area contributed by atoms with Gasteiger partial charge in [0.15, 0.2) is 11.5 Å². The number of carbonyl (C=O) groups excluding carboxylic acids is 1. The van der Waals surface area contributed by atoms with Gasteiger partial charge in [0.1, 0.15) is 6.61 Å². The van der Waals surface area contributed by atoms with Gasteiger partial charge in [-0.2, -0.15) is 10.4 Å². The van der Waals surface area contributed by atoms with Crippen molar-refractivity contribution in [3.8, 4) is 28.8 Å².